The van der Waals surface area contributed by atoms with Gasteiger partial charge >= 0.3 is 0 Å². The first-order chi connectivity index (χ1) is 8.18. The molecule has 1 fully saturated rings. The number of pyridine rings is 1. The molecule has 1 amide bonds. The molecule has 1 aromatic rings. The molecule has 1 saturated heterocycles. The minimum absolute atomic E-state index is 0. The molecule has 0 aliphatic carbocycles. The van der Waals surface area contributed by atoms with Gasteiger partial charge in [-0.3, -0.25) is 4.79 Å². The quantitative estimate of drug-likeness (QED) is 0.909. The van der Waals surface area contributed by atoms with Crippen molar-refractivity contribution < 1.29 is 4.79 Å². The lowest BCUT2D eigenvalue weighted by Gasteiger charge is -2.31. The number of aryl methyl sites for hydroxylation is 1. The number of amides is 1. The van der Waals surface area contributed by atoms with Gasteiger partial charge in [0.05, 0.1) is 0 Å². The third kappa shape index (κ3) is 4.64. The number of carbonyl (C=O) groups excluding carboxylic acids is 1. The summed E-state index contributed by atoms with van der Waals surface area (Å²) in [4.78, 5) is 18.4. The van der Waals surface area contributed by atoms with E-state index in [0.717, 1.165) is 31.6 Å². The number of hydrogen-bond acceptors (Lipinski definition) is 3. The second-order valence-corrected chi connectivity index (χ2v) is 4.56. The lowest BCUT2D eigenvalue weighted by molar-refractivity contribution is 0.0697. The first-order valence-electron chi connectivity index (χ1n) is 6.10. The van der Waals surface area contributed by atoms with Gasteiger partial charge in [-0.2, -0.15) is 0 Å². The molecule has 0 unspecified atom stereocenters. The maximum absolute atomic E-state index is 12.2. The van der Waals surface area contributed by atoms with Crippen LogP contribution >= 0.6 is 24.8 Å². The van der Waals surface area contributed by atoms with Crippen LogP contribution in [0, 0.1) is 6.92 Å². The van der Waals surface area contributed by atoms with E-state index in [1.165, 1.54) is 0 Å². The number of halogens is 2. The fraction of sp³-hybridized carbons (Fsp3) is 0.538. The minimum Gasteiger partial charge on any atom is -0.337 e. The van der Waals surface area contributed by atoms with Gasteiger partial charge in [-0.1, -0.05) is 6.07 Å². The summed E-state index contributed by atoms with van der Waals surface area (Å²) in [6.07, 6.45) is 2.04. The van der Waals surface area contributed by atoms with Gasteiger partial charge in [0, 0.05) is 18.8 Å². The summed E-state index contributed by atoms with van der Waals surface area (Å²) in [7, 11) is 1.88. The van der Waals surface area contributed by atoms with Crippen LogP contribution in [-0.4, -0.2) is 42.0 Å². The molecule has 1 aromatic heterocycles. The Morgan fingerprint density at radius 3 is 2.53 bits per heavy atom. The zero-order valence-electron chi connectivity index (χ0n) is 11.3. The number of nitrogens with one attached hydrogen (secondary N) is 1. The van der Waals surface area contributed by atoms with E-state index in [0.29, 0.717) is 11.7 Å². The number of aromatic nitrogens is 1. The monoisotopic (exact) mass is 305 g/mol. The molecule has 1 aliphatic rings. The van der Waals surface area contributed by atoms with Crippen LogP contribution in [0.25, 0.3) is 0 Å². The molecule has 19 heavy (non-hydrogen) atoms. The van der Waals surface area contributed by atoms with Crippen molar-refractivity contribution in [2.24, 2.45) is 0 Å². The molecular weight excluding hydrogens is 285 g/mol. The average Bonchev–Trinajstić information content (AvgIpc) is 2.38. The second kappa shape index (κ2) is 8.35. The van der Waals surface area contributed by atoms with Crippen LogP contribution in [0.5, 0.6) is 0 Å². The van der Waals surface area contributed by atoms with E-state index in [-0.39, 0.29) is 30.7 Å². The number of carbonyl (C=O) groups is 1. The van der Waals surface area contributed by atoms with Crippen LogP contribution in [0.3, 0.4) is 0 Å². The van der Waals surface area contributed by atoms with Crippen LogP contribution in [0.4, 0.5) is 0 Å². The van der Waals surface area contributed by atoms with Gasteiger partial charge < -0.3 is 10.2 Å². The van der Waals surface area contributed by atoms with Gasteiger partial charge in [0.25, 0.3) is 5.91 Å². The smallest absolute Gasteiger partial charge is 0.272 e. The Hall–Kier alpha value is -0.840. The molecule has 1 N–H and O–H groups in total. The molecular formula is C13H21Cl2N3O. The summed E-state index contributed by atoms with van der Waals surface area (Å²) in [6, 6.07) is 5.91. The average molecular weight is 306 g/mol. The van der Waals surface area contributed by atoms with Crippen molar-refractivity contribution in [2.75, 3.05) is 20.1 Å². The lowest BCUT2D eigenvalue weighted by Crippen LogP contribution is -2.44. The Labute approximate surface area is 126 Å². The highest BCUT2D eigenvalue weighted by atomic mass is 35.5. The Morgan fingerprint density at radius 2 is 1.95 bits per heavy atom. The highest BCUT2D eigenvalue weighted by Gasteiger charge is 2.23. The molecule has 0 spiro atoms. The normalized spacial score (nSPS) is 15.1. The Bertz CT molecular complexity index is 409. The standard InChI is InChI=1S/C13H19N3O.2ClH/c1-10-4-3-5-12(15-10)13(17)16(2)11-6-8-14-9-7-11;;/h3-5,11,14H,6-9H2,1-2H3;2*1H. The fourth-order valence-corrected chi connectivity index (χ4v) is 2.20. The topological polar surface area (TPSA) is 45.2 Å². The third-order valence-corrected chi connectivity index (χ3v) is 3.28. The fourth-order valence-electron chi connectivity index (χ4n) is 2.20. The summed E-state index contributed by atoms with van der Waals surface area (Å²) in [5.41, 5.74) is 1.43. The predicted molar refractivity (Wildman–Crippen MR) is 81.5 cm³/mol. The van der Waals surface area contributed by atoms with Gasteiger partial charge in [0.15, 0.2) is 0 Å². The Morgan fingerprint density at radius 1 is 1.32 bits per heavy atom. The molecule has 0 atom stereocenters. The summed E-state index contributed by atoms with van der Waals surface area (Å²) >= 11 is 0. The molecule has 0 bridgehead atoms. The summed E-state index contributed by atoms with van der Waals surface area (Å²) in [6.45, 7) is 3.88. The van der Waals surface area contributed by atoms with Crippen molar-refractivity contribution in [2.45, 2.75) is 25.8 Å². The number of rotatable bonds is 2. The molecule has 0 radical (unpaired) electrons. The molecule has 4 nitrogen and oxygen atoms in total. The molecule has 6 heteroatoms. The van der Waals surface area contributed by atoms with Crippen LogP contribution < -0.4 is 5.32 Å². The zero-order chi connectivity index (χ0) is 12.3. The van der Waals surface area contributed by atoms with Gasteiger partial charge in [-0.05, 0) is 45.0 Å². The van der Waals surface area contributed by atoms with Crippen molar-refractivity contribution in [1.82, 2.24) is 15.2 Å². The molecule has 2 heterocycles. The van der Waals surface area contributed by atoms with Crippen LogP contribution in [0.15, 0.2) is 18.2 Å². The zero-order valence-corrected chi connectivity index (χ0v) is 12.9. The molecule has 2 rings (SSSR count). The van der Waals surface area contributed by atoms with Gasteiger partial charge in [-0.25, -0.2) is 4.98 Å². The highest BCUT2D eigenvalue weighted by Crippen LogP contribution is 2.12. The van der Waals surface area contributed by atoms with Crippen LogP contribution in [-0.2, 0) is 0 Å². The van der Waals surface area contributed by atoms with Crippen molar-refractivity contribution in [3.8, 4) is 0 Å². The van der Waals surface area contributed by atoms with Crippen molar-refractivity contribution in [1.29, 1.82) is 0 Å². The summed E-state index contributed by atoms with van der Waals surface area (Å²) in [5.74, 6) is 0.0283. The summed E-state index contributed by atoms with van der Waals surface area (Å²) < 4.78 is 0. The van der Waals surface area contributed by atoms with Crippen molar-refractivity contribution in [3.05, 3.63) is 29.6 Å². The largest absolute Gasteiger partial charge is 0.337 e. The maximum Gasteiger partial charge on any atom is 0.272 e. The van der Waals surface area contributed by atoms with E-state index >= 15 is 0 Å². The lowest BCUT2D eigenvalue weighted by atomic mass is 10.1. The van der Waals surface area contributed by atoms with Crippen LogP contribution in [0.1, 0.15) is 29.0 Å². The molecule has 108 valence electrons. The third-order valence-electron chi connectivity index (χ3n) is 3.28. The van der Waals surface area contributed by atoms with E-state index in [2.05, 4.69) is 10.3 Å². The maximum atomic E-state index is 12.2. The second-order valence-electron chi connectivity index (χ2n) is 4.56. The van der Waals surface area contributed by atoms with Crippen LogP contribution in [0.2, 0.25) is 0 Å². The van der Waals surface area contributed by atoms with Gasteiger partial charge in [-0.15, -0.1) is 24.8 Å². The van der Waals surface area contributed by atoms with E-state index in [4.69, 9.17) is 0 Å². The molecule has 0 saturated carbocycles. The van der Waals surface area contributed by atoms with E-state index in [1.807, 2.05) is 31.0 Å². The number of hydrogen-bond donors (Lipinski definition) is 1. The van der Waals surface area contributed by atoms with Crippen molar-refractivity contribution in [3.63, 3.8) is 0 Å². The van der Waals surface area contributed by atoms with E-state index in [9.17, 15) is 4.79 Å². The number of nitrogens with zero attached hydrogens (tertiary/aromatic N) is 2. The van der Waals surface area contributed by atoms with Gasteiger partial charge in [0.2, 0.25) is 0 Å². The Balaban J connectivity index is 0.00000162. The highest BCUT2D eigenvalue weighted by molar-refractivity contribution is 5.92. The minimum atomic E-state index is 0. The van der Waals surface area contributed by atoms with E-state index in [1.54, 1.807) is 6.07 Å². The van der Waals surface area contributed by atoms with E-state index < -0.39 is 0 Å². The first kappa shape index (κ1) is 18.2. The molecule has 1 aliphatic heterocycles. The Kier molecular flexibility index (Phi) is 7.99. The number of piperidine rings is 1. The molecule has 0 aromatic carbocycles. The first-order valence-corrected chi connectivity index (χ1v) is 6.10. The SMILES string of the molecule is Cc1cccc(C(=O)N(C)C2CCNCC2)n1.Cl.Cl. The summed E-state index contributed by atoms with van der Waals surface area (Å²) in [5, 5.41) is 3.30. The predicted octanol–water partition coefficient (Wildman–Crippen LogP) is 2.06. The van der Waals surface area contributed by atoms with Gasteiger partial charge in [0.1, 0.15) is 5.69 Å². The van der Waals surface area contributed by atoms with Crippen molar-refractivity contribution >= 4 is 30.7 Å².